The first-order valence-corrected chi connectivity index (χ1v) is 8.85. The lowest BCUT2D eigenvalue weighted by Crippen LogP contribution is -3.06. The number of thiophene rings is 1. The predicted molar refractivity (Wildman–Crippen MR) is 98.4 cm³/mol. The van der Waals surface area contributed by atoms with E-state index in [1.165, 1.54) is 15.9 Å². The van der Waals surface area contributed by atoms with E-state index in [0.29, 0.717) is 16.6 Å². The Balaban J connectivity index is 1.93. The first kappa shape index (κ1) is 18.0. The second kappa shape index (κ2) is 8.50. The Morgan fingerprint density at radius 3 is 2.70 bits per heavy atom. The number of halogens is 2. The Hall–Kier alpha value is -1.33. The van der Waals surface area contributed by atoms with Gasteiger partial charge in [0.2, 0.25) is 5.91 Å². The molecule has 0 aliphatic heterocycles. The van der Waals surface area contributed by atoms with Gasteiger partial charge in [-0.3, -0.25) is 4.79 Å². The van der Waals surface area contributed by atoms with Gasteiger partial charge in [-0.05, 0) is 35.2 Å². The van der Waals surface area contributed by atoms with E-state index in [-0.39, 0.29) is 11.9 Å². The summed E-state index contributed by atoms with van der Waals surface area (Å²) in [5.74, 6) is -0.126. The number of benzene rings is 1. The number of likely N-dealkylation sites (N-methyl/N-ethyl adjacent to an activating group) is 1. The fourth-order valence-electron chi connectivity index (χ4n) is 2.13. The Morgan fingerprint density at radius 1 is 1.30 bits per heavy atom. The Labute approximate surface area is 150 Å². The molecule has 0 bridgehead atoms. The van der Waals surface area contributed by atoms with Crippen molar-refractivity contribution in [2.24, 2.45) is 0 Å². The van der Waals surface area contributed by atoms with Crippen molar-refractivity contribution in [2.45, 2.75) is 6.04 Å². The molecule has 2 aromatic rings. The van der Waals surface area contributed by atoms with Crippen LogP contribution in [0.5, 0.6) is 0 Å². The zero-order valence-electron chi connectivity index (χ0n) is 13.0. The van der Waals surface area contributed by atoms with Gasteiger partial charge < -0.3 is 10.2 Å². The average molecular weight is 370 g/mol. The molecule has 0 aliphatic rings. The van der Waals surface area contributed by atoms with Gasteiger partial charge in [0.1, 0.15) is 6.04 Å². The third-order valence-electron chi connectivity index (χ3n) is 3.43. The lowest BCUT2D eigenvalue weighted by atomic mass is 10.2. The monoisotopic (exact) mass is 369 g/mol. The maximum atomic E-state index is 12.0. The van der Waals surface area contributed by atoms with E-state index >= 15 is 0 Å². The van der Waals surface area contributed by atoms with E-state index in [1.54, 1.807) is 29.5 Å². The van der Waals surface area contributed by atoms with E-state index in [4.69, 9.17) is 23.2 Å². The lowest BCUT2D eigenvalue weighted by Gasteiger charge is -2.20. The molecule has 1 heterocycles. The molecule has 1 aromatic heterocycles. The number of quaternary nitrogens is 1. The van der Waals surface area contributed by atoms with Crippen molar-refractivity contribution < 1.29 is 9.69 Å². The van der Waals surface area contributed by atoms with Crippen molar-refractivity contribution in [2.75, 3.05) is 20.6 Å². The smallest absolute Gasteiger partial charge is 0.244 e. The molecule has 2 rings (SSSR count). The van der Waals surface area contributed by atoms with Crippen LogP contribution in [0.1, 0.15) is 16.5 Å². The van der Waals surface area contributed by atoms with E-state index in [2.05, 4.69) is 30.9 Å². The Morgan fingerprint density at radius 2 is 2.09 bits per heavy atom. The topological polar surface area (TPSA) is 33.5 Å². The molecular formula is C17H19Cl2N2OS+. The van der Waals surface area contributed by atoms with E-state index in [0.717, 1.165) is 5.56 Å². The average Bonchev–Trinajstić information content (AvgIpc) is 3.02. The minimum Gasteiger partial charge on any atom is -0.346 e. The van der Waals surface area contributed by atoms with Crippen molar-refractivity contribution in [1.82, 2.24) is 5.32 Å². The first-order valence-electron chi connectivity index (χ1n) is 7.22. The van der Waals surface area contributed by atoms with Crippen LogP contribution in [0.15, 0.2) is 41.8 Å². The molecule has 1 amide bonds. The molecule has 122 valence electrons. The normalized spacial score (nSPS) is 12.7. The number of rotatable bonds is 6. The van der Waals surface area contributed by atoms with Crippen molar-refractivity contribution in [3.63, 3.8) is 0 Å². The molecule has 0 saturated carbocycles. The first-order chi connectivity index (χ1) is 11.0. The van der Waals surface area contributed by atoms with Crippen molar-refractivity contribution in [3.05, 3.63) is 62.3 Å². The Kier molecular flexibility index (Phi) is 6.66. The van der Waals surface area contributed by atoms with Crippen LogP contribution >= 0.6 is 34.5 Å². The van der Waals surface area contributed by atoms with Crippen LogP contribution in [-0.4, -0.2) is 26.5 Å². The van der Waals surface area contributed by atoms with Gasteiger partial charge in [0.25, 0.3) is 0 Å². The third-order valence-corrected chi connectivity index (χ3v) is 5.16. The molecule has 0 saturated heterocycles. The van der Waals surface area contributed by atoms with E-state index in [1.807, 2.05) is 12.1 Å². The van der Waals surface area contributed by atoms with Gasteiger partial charge in [-0.2, -0.15) is 0 Å². The zero-order valence-corrected chi connectivity index (χ0v) is 15.3. The van der Waals surface area contributed by atoms with Gasteiger partial charge in [-0.1, -0.05) is 35.3 Å². The summed E-state index contributed by atoms with van der Waals surface area (Å²) in [6.45, 7) is 0.591. The van der Waals surface area contributed by atoms with Gasteiger partial charge >= 0.3 is 0 Å². The van der Waals surface area contributed by atoms with Crippen molar-refractivity contribution in [1.29, 1.82) is 0 Å². The SMILES string of the molecule is C[NH+](C)[C@H](CNC(=O)/C=C/c1ccc(Cl)c(Cl)c1)c1cccs1. The molecule has 1 atom stereocenters. The number of hydrogen-bond donors (Lipinski definition) is 2. The minimum atomic E-state index is -0.126. The summed E-state index contributed by atoms with van der Waals surface area (Å²) < 4.78 is 0. The summed E-state index contributed by atoms with van der Waals surface area (Å²) in [5, 5.41) is 5.98. The van der Waals surface area contributed by atoms with Crippen LogP contribution in [-0.2, 0) is 4.79 Å². The molecule has 23 heavy (non-hydrogen) atoms. The summed E-state index contributed by atoms with van der Waals surface area (Å²) in [5.41, 5.74) is 0.836. The minimum absolute atomic E-state index is 0.126. The summed E-state index contributed by atoms with van der Waals surface area (Å²) in [6.07, 6.45) is 3.23. The fraction of sp³-hybridized carbons (Fsp3) is 0.235. The largest absolute Gasteiger partial charge is 0.346 e. The van der Waals surface area contributed by atoms with Crippen LogP contribution in [0.2, 0.25) is 10.0 Å². The summed E-state index contributed by atoms with van der Waals surface area (Å²) in [6, 6.07) is 9.63. The van der Waals surface area contributed by atoms with Crippen LogP contribution in [0, 0.1) is 0 Å². The molecule has 6 heteroatoms. The van der Waals surface area contributed by atoms with Crippen LogP contribution < -0.4 is 10.2 Å². The Bertz CT molecular complexity index is 684. The molecular weight excluding hydrogens is 351 g/mol. The highest BCUT2D eigenvalue weighted by atomic mass is 35.5. The maximum absolute atomic E-state index is 12.0. The highest BCUT2D eigenvalue weighted by Crippen LogP contribution is 2.23. The van der Waals surface area contributed by atoms with Gasteiger partial charge in [0, 0.05) is 6.08 Å². The number of carbonyl (C=O) groups is 1. The fourth-order valence-corrected chi connectivity index (χ4v) is 3.39. The number of carbonyl (C=O) groups excluding carboxylic acids is 1. The molecule has 0 spiro atoms. The predicted octanol–water partition coefficient (Wildman–Crippen LogP) is 3.07. The van der Waals surface area contributed by atoms with E-state index in [9.17, 15) is 4.79 Å². The standard InChI is InChI=1S/C17H18Cl2N2OS/c1-21(2)15(16-4-3-9-23-16)11-20-17(22)8-6-12-5-7-13(18)14(19)10-12/h3-10,15H,11H2,1-2H3,(H,20,22)/p+1/b8-6+/t15-/m1/s1. The zero-order chi connectivity index (χ0) is 16.8. The van der Waals surface area contributed by atoms with Gasteiger partial charge in [-0.25, -0.2) is 0 Å². The maximum Gasteiger partial charge on any atom is 0.244 e. The van der Waals surface area contributed by atoms with Crippen LogP contribution in [0.4, 0.5) is 0 Å². The molecule has 0 fully saturated rings. The number of amides is 1. The third kappa shape index (κ3) is 5.36. The second-order valence-corrected chi connectivity index (χ2v) is 7.19. The van der Waals surface area contributed by atoms with Crippen molar-refractivity contribution in [3.8, 4) is 0 Å². The highest BCUT2D eigenvalue weighted by molar-refractivity contribution is 7.10. The molecule has 0 aliphatic carbocycles. The molecule has 0 radical (unpaired) electrons. The molecule has 0 unspecified atom stereocenters. The van der Waals surface area contributed by atoms with Gasteiger partial charge in [0.15, 0.2) is 0 Å². The quantitative estimate of drug-likeness (QED) is 0.753. The molecule has 3 nitrogen and oxygen atoms in total. The molecule has 1 aromatic carbocycles. The highest BCUT2D eigenvalue weighted by Gasteiger charge is 2.18. The van der Waals surface area contributed by atoms with Gasteiger partial charge in [-0.15, -0.1) is 11.3 Å². The number of nitrogens with one attached hydrogen (secondary N) is 2. The lowest BCUT2D eigenvalue weighted by molar-refractivity contribution is -0.890. The van der Waals surface area contributed by atoms with E-state index < -0.39 is 0 Å². The summed E-state index contributed by atoms with van der Waals surface area (Å²) >= 11 is 13.5. The van der Waals surface area contributed by atoms with Crippen LogP contribution in [0.3, 0.4) is 0 Å². The van der Waals surface area contributed by atoms with Crippen molar-refractivity contribution >= 4 is 46.5 Å². The second-order valence-electron chi connectivity index (χ2n) is 5.40. The summed E-state index contributed by atoms with van der Waals surface area (Å²) in [7, 11) is 4.17. The molecule has 2 N–H and O–H groups in total. The number of hydrogen-bond acceptors (Lipinski definition) is 2. The summed E-state index contributed by atoms with van der Waals surface area (Å²) in [4.78, 5) is 14.5. The van der Waals surface area contributed by atoms with Crippen LogP contribution in [0.25, 0.3) is 6.08 Å². The van der Waals surface area contributed by atoms with Gasteiger partial charge in [0.05, 0.1) is 35.6 Å².